The van der Waals surface area contributed by atoms with Crippen LogP contribution in [0.15, 0.2) is 29.3 Å². The van der Waals surface area contributed by atoms with E-state index < -0.39 is 0 Å². The van der Waals surface area contributed by atoms with E-state index in [1.54, 1.807) is 7.11 Å². The van der Waals surface area contributed by atoms with Gasteiger partial charge in [-0.25, -0.2) is 0 Å². The average molecular weight is 556 g/mol. The van der Waals surface area contributed by atoms with Crippen molar-refractivity contribution in [1.82, 2.24) is 20.4 Å². The van der Waals surface area contributed by atoms with Crippen LogP contribution >= 0.6 is 24.0 Å². The Hall–Kier alpha value is -1.81. The van der Waals surface area contributed by atoms with Gasteiger partial charge in [-0.3, -0.25) is 9.67 Å². The molecule has 2 heterocycles. The molecule has 0 spiro atoms. The Kier molecular flexibility index (Phi) is 10.3. The molecule has 2 N–H and O–H groups in total. The summed E-state index contributed by atoms with van der Waals surface area (Å²) in [4.78, 5) is 4.43. The summed E-state index contributed by atoms with van der Waals surface area (Å²) in [5.41, 5.74) is 4.72. The van der Waals surface area contributed by atoms with E-state index in [-0.39, 0.29) is 29.4 Å². The van der Waals surface area contributed by atoms with Gasteiger partial charge in [0.25, 0.3) is 0 Å². The standard InChI is InChI=1S/C24H37N5O2.HI/c1-18-7-8-22(30-5)21(15-18)24(9-13-31-14-10-24)17-27-23(25-4)26-11-6-12-29-20(3)16-19(2)28-29;/h7-8,15-16H,6,9-14,17H2,1-5H3,(H2,25,26,27);1H. The summed E-state index contributed by atoms with van der Waals surface area (Å²) in [7, 11) is 3.57. The highest BCUT2D eigenvalue weighted by atomic mass is 127. The number of guanidine groups is 1. The van der Waals surface area contributed by atoms with E-state index in [0.717, 1.165) is 69.5 Å². The fraction of sp³-hybridized carbons (Fsp3) is 0.583. The molecule has 0 radical (unpaired) electrons. The van der Waals surface area contributed by atoms with Crippen LogP contribution in [-0.4, -0.2) is 56.2 Å². The summed E-state index contributed by atoms with van der Waals surface area (Å²) in [5.74, 6) is 1.77. The predicted molar refractivity (Wildman–Crippen MR) is 141 cm³/mol. The van der Waals surface area contributed by atoms with Crippen molar-refractivity contribution >= 4 is 29.9 Å². The minimum absolute atomic E-state index is 0. The summed E-state index contributed by atoms with van der Waals surface area (Å²) < 4.78 is 13.5. The smallest absolute Gasteiger partial charge is 0.191 e. The summed E-state index contributed by atoms with van der Waals surface area (Å²) in [6, 6.07) is 8.55. The van der Waals surface area contributed by atoms with E-state index in [0.29, 0.717) is 0 Å². The van der Waals surface area contributed by atoms with Gasteiger partial charge in [0.2, 0.25) is 0 Å². The van der Waals surface area contributed by atoms with E-state index >= 15 is 0 Å². The first-order valence-corrected chi connectivity index (χ1v) is 11.2. The number of nitrogens with zero attached hydrogens (tertiary/aromatic N) is 3. The van der Waals surface area contributed by atoms with Crippen LogP contribution in [0.25, 0.3) is 0 Å². The van der Waals surface area contributed by atoms with Gasteiger partial charge in [0, 0.05) is 56.6 Å². The van der Waals surface area contributed by atoms with Crippen LogP contribution in [0.2, 0.25) is 0 Å². The minimum atomic E-state index is -0.0447. The molecule has 1 fully saturated rings. The highest BCUT2D eigenvalue weighted by Crippen LogP contribution is 2.40. The van der Waals surface area contributed by atoms with Crippen molar-refractivity contribution in [2.24, 2.45) is 4.99 Å². The molecule has 1 aliphatic rings. The Balaban J connectivity index is 0.00000363. The lowest BCUT2D eigenvalue weighted by Gasteiger charge is -2.39. The van der Waals surface area contributed by atoms with Crippen molar-refractivity contribution in [1.29, 1.82) is 0 Å². The number of hydrogen-bond acceptors (Lipinski definition) is 4. The lowest BCUT2D eigenvalue weighted by Crippen LogP contribution is -2.48. The highest BCUT2D eigenvalue weighted by molar-refractivity contribution is 14.0. The van der Waals surface area contributed by atoms with Crippen molar-refractivity contribution in [3.8, 4) is 5.75 Å². The van der Waals surface area contributed by atoms with Crippen LogP contribution in [0, 0.1) is 20.8 Å². The molecule has 3 rings (SSSR count). The normalized spacial score (nSPS) is 15.7. The zero-order valence-corrected chi connectivity index (χ0v) is 22.4. The van der Waals surface area contributed by atoms with Crippen LogP contribution < -0.4 is 15.4 Å². The van der Waals surface area contributed by atoms with Crippen LogP contribution in [0.3, 0.4) is 0 Å². The molecule has 0 bridgehead atoms. The quantitative estimate of drug-likeness (QED) is 0.225. The predicted octanol–water partition coefficient (Wildman–Crippen LogP) is 3.74. The molecule has 0 atom stereocenters. The lowest BCUT2D eigenvalue weighted by atomic mass is 9.73. The number of methoxy groups -OCH3 is 1. The second-order valence-electron chi connectivity index (χ2n) is 8.45. The Morgan fingerprint density at radius 3 is 2.56 bits per heavy atom. The van der Waals surface area contributed by atoms with Crippen LogP contribution in [0.1, 0.15) is 41.8 Å². The maximum absolute atomic E-state index is 5.72. The van der Waals surface area contributed by atoms with Gasteiger partial charge in [0.05, 0.1) is 12.8 Å². The number of aryl methyl sites for hydroxylation is 4. The summed E-state index contributed by atoms with van der Waals surface area (Å²) in [6.07, 6.45) is 2.89. The van der Waals surface area contributed by atoms with Crippen molar-refractivity contribution in [3.05, 3.63) is 46.8 Å². The van der Waals surface area contributed by atoms with E-state index in [1.165, 1.54) is 16.8 Å². The van der Waals surface area contributed by atoms with Gasteiger partial charge in [-0.2, -0.15) is 5.10 Å². The van der Waals surface area contributed by atoms with Crippen LogP contribution in [0.5, 0.6) is 5.75 Å². The zero-order valence-electron chi connectivity index (χ0n) is 20.0. The number of rotatable bonds is 8. The van der Waals surface area contributed by atoms with E-state index in [2.05, 4.69) is 63.5 Å². The number of benzene rings is 1. The topological polar surface area (TPSA) is 72.7 Å². The van der Waals surface area contributed by atoms with E-state index in [9.17, 15) is 0 Å². The zero-order chi connectivity index (χ0) is 22.3. The molecule has 32 heavy (non-hydrogen) atoms. The second kappa shape index (κ2) is 12.4. The summed E-state index contributed by atoms with van der Waals surface area (Å²) in [6.45, 7) is 10.3. The second-order valence-corrected chi connectivity index (χ2v) is 8.45. The Bertz CT molecular complexity index is 891. The lowest BCUT2D eigenvalue weighted by molar-refractivity contribution is 0.0505. The molecule has 7 nitrogen and oxygen atoms in total. The first-order valence-electron chi connectivity index (χ1n) is 11.2. The minimum Gasteiger partial charge on any atom is -0.496 e. The third-order valence-electron chi connectivity index (χ3n) is 6.14. The van der Waals surface area contributed by atoms with Crippen molar-refractivity contribution in [3.63, 3.8) is 0 Å². The Morgan fingerprint density at radius 1 is 1.19 bits per heavy atom. The van der Waals surface area contributed by atoms with Crippen molar-refractivity contribution < 1.29 is 9.47 Å². The van der Waals surface area contributed by atoms with E-state index in [1.807, 2.05) is 14.0 Å². The number of aliphatic imine (C=N–C) groups is 1. The molecule has 1 aliphatic heterocycles. The molecular formula is C24H38IN5O2. The van der Waals surface area contributed by atoms with Gasteiger partial charge in [0.15, 0.2) is 5.96 Å². The Morgan fingerprint density at radius 2 is 1.94 bits per heavy atom. The number of ether oxygens (including phenoxy) is 2. The van der Waals surface area contributed by atoms with Gasteiger partial charge in [0.1, 0.15) is 5.75 Å². The van der Waals surface area contributed by atoms with E-state index in [4.69, 9.17) is 9.47 Å². The molecule has 0 aliphatic carbocycles. The first kappa shape index (κ1) is 26.4. The fourth-order valence-electron chi connectivity index (χ4n) is 4.35. The molecule has 1 saturated heterocycles. The third kappa shape index (κ3) is 6.60. The molecule has 178 valence electrons. The highest BCUT2D eigenvalue weighted by Gasteiger charge is 2.37. The molecule has 0 unspecified atom stereocenters. The molecule has 0 amide bonds. The molecule has 2 aromatic rings. The average Bonchev–Trinajstić information content (AvgIpc) is 3.10. The summed E-state index contributed by atoms with van der Waals surface area (Å²) >= 11 is 0. The van der Waals surface area contributed by atoms with Crippen molar-refractivity contribution in [2.75, 3.05) is 40.5 Å². The molecule has 1 aromatic heterocycles. The monoisotopic (exact) mass is 555 g/mol. The van der Waals surface area contributed by atoms with Gasteiger partial charge in [-0.15, -0.1) is 24.0 Å². The Labute approximate surface area is 209 Å². The molecule has 1 aromatic carbocycles. The van der Waals surface area contributed by atoms with Gasteiger partial charge in [-0.05, 0) is 52.2 Å². The first-order chi connectivity index (χ1) is 15.0. The number of halogens is 1. The van der Waals surface area contributed by atoms with Gasteiger partial charge >= 0.3 is 0 Å². The molecule has 8 heteroatoms. The van der Waals surface area contributed by atoms with Gasteiger partial charge < -0.3 is 20.1 Å². The maximum atomic E-state index is 5.72. The van der Waals surface area contributed by atoms with Crippen LogP contribution in [-0.2, 0) is 16.7 Å². The fourth-order valence-corrected chi connectivity index (χ4v) is 4.35. The maximum Gasteiger partial charge on any atom is 0.191 e. The third-order valence-corrected chi connectivity index (χ3v) is 6.14. The number of hydrogen-bond donors (Lipinski definition) is 2. The summed E-state index contributed by atoms with van der Waals surface area (Å²) in [5, 5.41) is 11.5. The van der Waals surface area contributed by atoms with Crippen LogP contribution in [0.4, 0.5) is 0 Å². The SMILES string of the molecule is CN=C(NCCCn1nc(C)cc1C)NCC1(c2cc(C)ccc2OC)CCOCC1.I. The van der Waals surface area contributed by atoms with Gasteiger partial charge in [-0.1, -0.05) is 17.7 Å². The number of nitrogens with one attached hydrogen (secondary N) is 2. The molecule has 0 saturated carbocycles. The van der Waals surface area contributed by atoms with Crippen molar-refractivity contribution in [2.45, 2.75) is 52.0 Å². The molecular weight excluding hydrogens is 517 g/mol. The largest absolute Gasteiger partial charge is 0.496 e. The number of aromatic nitrogens is 2.